The molecule has 3 aliphatic rings. The summed E-state index contributed by atoms with van der Waals surface area (Å²) in [6.45, 7) is 24.6. The summed E-state index contributed by atoms with van der Waals surface area (Å²) in [5.74, 6) is 0.442. The van der Waals surface area contributed by atoms with Gasteiger partial charge in [0.25, 0.3) is 0 Å². The monoisotopic (exact) mass is 443 g/mol. The number of rotatable bonds is 3. The van der Waals surface area contributed by atoms with Crippen molar-refractivity contribution in [3.8, 4) is 0 Å². The largest absolute Gasteiger partial charge is 0.378 e. The van der Waals surface area contributed by atoms with Crippen molar-refractivity contribution in [2.45, 2.75) is 88.2 Å². The SMILES string of the molecule is CC1=C(C)C(C)(C(C2CCCO2)C2(C)C(C)=C(C)C(C)=C2C)C(C)=C1C.[Y]. The van der Waals surface area contributed by atoms with Gasteiger partial charge in [-0.1, -0.05) is 36.1 Å². The Kier molecular flexibility index (Phi) is 6.64. The third-order valence-electron chi connectivity index (χ3n) is 9.07. The Morgan fingerprint density at radius 2 is 1.04 bits per heavy atom. The van der Waals surface area contributed by atoms with Crippen LogP contribution in [0.5, 0.6) is 0 Å². The van der Waals surface area contributed by atoms with Crippen molar-refractivity contribution in [3.05, 3.63) is 44.6 Å². The minimum atomic E-state index is 0. The van der Waals surface area contributed by atoms with E-state index in [0.717, 1.165) is 6.61 Å². The van der Waals surface area contributed by atoms with Crippen LogP contribution in [0.3, 0.4) is 0 Å². The van der Waals surface area contributed by atoms with Gasteiger partial charge in [-0.25, -0.2) is 0 Å². The van der Waals surface area contributed by atoms with Crippen LogP contribution < -0.4 is 0 Å². The molecule has 0 aromatic rings. The van der Waals surface area contributed by atoms with Crippen LogP contribution >= 0.6 is 0 Å². The molecule has 2 heteroatoms. The zero-order chi connectivity index (χ0) is 19.6. The molecule has 1 atom stereocenters. The van der Waals surface area contributed by atoms with Gasteiger partial charge < -0.3 is 4.74 Å². The Morgan fingerprint density at radius 1 is 0.704 bits per heavy atom. The maximum Gasteiger partial charge on any atom is 0.0627 e. The fourth-order valence-electron chi connectivity index (χ4n) is 6.36. The standard InChI is InChI=1S/C25H38O.Y/c1-14-15(2)19(6)24(9,18(14)5)23(22-12-11-13-26-22)25(10)20(7)16(3)17(4)21(25)8;/h22-23H,11-13H2,1-10H3;. The van der Waals surface area contributed by atoms with Crippen LogP contribution in [0, 0.1) is 16.7 Å². The second-order valence-corrected chi connectivity index (χ2v) is 9.43. The minimum Gasteiger partial charge on any atom is -0.378 e. The maximum atomic E-state index is 6.41. The van der Waals surface area contributed by atoms with E-state index in [0.29, 0.717) is 12.0 Å². The third-order valence-corrected chi connectivity index (χ3v) is 9.07. The molecule has 0 saturated carbocycles. The first-order chi connectivity index (χ1) is 12.0. The molecular weight excluding hydrogens is 405 g/mol. The molecule has 0 bridgehead atoms. The van der Waals surface area contributed by atoms with E-state index in [1.165, 1.54) is 35.1 Å². The number of hydrogen-bond donors (Lipinski definition) is 0. The second kappa shape index (κ2) is 7.69. The van der Waals surface area contributed by atoms with Crippen LogP contribution in [0.2, 0.25) is 0 Å². The minimum absolute atomic E-state index is 0. The van der Waals surface area contributed by atoms with Crippen LogP contribution in [0.15, 0.2) is 44.6 Å². The predicted molar refractivity (Wildman–Crippen MR) is 112 cm³/mol. The maximum absolute atomic E-state index is 6.41. The molecule has 3 rings (SSSR count). The molecule has 1 saturated heterocycles. The summed E-state index contributed by atoms with van der Waals surface area (Å²) < 4.78 is 6.41. The van der Waals surface area contributed by atoms with E-state index in [9.17, 15) is 0 Å². The molecule has 1 nitrogen and oxygen atoms in total. The van der Waals surface area contributed by atoms with Crippen molar-refractivity contribution in [3.63, 3.8) is 0 Å². The zero-order valence-electron chi connectivity index (χ0n) is 19.3. The summed E-state index contributed by atoms with van der Waals surface area (Å²) in [4.78, 5) is 0. The molecule has 1 fully saturated rings. The summed E-state index contributed by atoms with van der Waals surface area (Å²) in [6, 6.07) is 0. The molecule has 27 heavy (non-hydrogen) atoms. The van der Waals surface area contributed by atoms with Gasteiger partial charge >= 0.3 is 0 Å². The Morgan fingerprint density at radius 3 is 1.30 bits per heavy atom. The van der Waals surface area contributed by atoms with Crippen molar-refractivity contribution in [1.82, 2.24) is 0 Å². The average Bonchev–Trinajstić information content (AvgIpc) is 3.23. The van der Waals surface area contributed by atoms with Gasteiger partial charge in [0.15, 0.2) is 0 Å². The molecule has 1 aliphatic heterocycles. The van der Waals surface area contributed by atoms with Gasteiger partial charge in [0.1, 0.15) is 0 Å². The molecule has 0 spiro atoms. The van der Waals surface area contributed by atoms with Crippen LogP contribution in [-0.2, 0) is 37.4 Å². The van der Waals surface area contributed by atoms with Crippen LogP contribution in [0.25, 0.3) is 0 Å². The van der Waals surface area contributed by atoms with E-state index in [1.807, 2.05) is 0 Å². The molecule has 1 heterocycles. The van der Waals surface area contributed by atoms with Gasteiger partial charge in [-0.05, 0) is 90.5 Å². The van der Waals surface area contributed by atoms with Crippen molar-refractivity contribution < 1.29 is 37.4 Å². The summed E-state index contributed by atoms with van der Waals surface area (Å²) >= 11 is 0. The molecule has 0 amide bonds. The van der Waals surface area contributed by atoms with E-state index in [-0.39, 0.29) is 43.5 Å². The van der Waals surface area contributed by atoms with E-state index >= 15 is 0 Å². The van der Waals surface area contributed by atoms with Gasteiger partial charge in [-0.2, -0.15) is 0 Å². The van der Waals surface area contributed by atoms with Gasteiger partial charge in [0.2, 0.25) is 0 Å². The summed E-state index contributed by atoms with van der Waals surface area (Å²) in [6.07, 6.45) is 2.71. The van der Waals surface area contributed by atoms with Gasteiger partial charge in [0, 0.05) is 56.1 Å². The van der Waals surface area contributed by atoms with Crippen molar-refractivity contribution in [2.24, 2.45) is 16.7 Å². The smallest absolute Gasteiger partial charge is 0.0627 e. The Bertz CT molecular complexity index is 662. The molecule has 0 N–H and O–H groups in total. The molecule has 0 aromatic heterocycles. The molecular formula is C25H38OY. The van der Waals surface area contributed by atoms with E-state index < -0.39 is 0 Å². The Balaban J connectivity index is 0.00000261. The fraction of sp³-hybridized carbons (Fsp3) is 0.680. The molecule has 147 valence electrons. The van der Waals surface area contributed by atoms with Crippen LogP contribution in [0.1, 0.15) is 82.1 Å². The Labute approximate surface area is 192 Å². The molecule has 1 unspecified atom stereocenters. The first-order valence-electron chi connectivity index (χ1n) is 10.3. The van der Waals surface area contributed by atoms with Crippen LogP contribution in [-0.4, -0.2) is 12.7 Å². The van der Waals surface area contributed by atoms with Crippen LogP contribution in [0.4, 0.5) is 0 Å². The van der Waals surface area contributed by atoms with Gasteiger partial charge in [-0.15, -0.1) is 0 Å². The number of ether oxygens (including phenoxy) is 1. The third kappa shape index (κ3) is 2.98. The Hall–Kier alpha value is 0.0239. The molecule has 0 aromatic carbocycles. The van der Waals surface area contributed by atoms with E-state index in [4.69, 9.17) is 4.74 Å². The summed E-state index contributed by atoms with van der Waals surface area (Å²) in [7, 11) is 0. The average molecular weight is 443 g/mol. The van der Waals surface area contributed by atoms with Crippen molar-refractivity contribution in [2.75, 3.05) is 6.61 Å². The van der Waals surface area contributed by atoms with E-state index in [2.05, 4.69) is 69.2 Å². The van der Waals surface area contributed by atoms with Gasteiger partial charge in [0.05, 0.1) is 6.10 Å². The molecule has 2 aliphatic carbocycles. The first kappa shape index (κ1) is 23.3. The normalized spacial score (nSPS) is 27.4. The quantitative estimate of drug-likeness (QED) is 0.450. The number of allylic oxidation sites excluding steroid dienone is 8. The van der Waals surface area contributed by atoms with Crippen molar-refractivity contribution in [1.29, 1.82) is 0 Å². The second-order valence-electron chi connectivity index (χ2n) is 9.43. The topological polar surface area (TPSA) is 9.23 Å². The fourth-order valence-corrected chi connectivity index (χ4v) is 6.36. The van der Waals surface area contributed by atoms with Gasteiger partial charge in [-0.3, -0.25) is 0 Å². The van der Waals surface area contributed by atoms with E-state index in [1.54, 1.807) is 22.3 Å². The number of hydrogen-bond acceptors (Lipinski definition) is 1. The zero-order valence-corrected chi connectivity index (χ0v) is 22.1. The van der Waals surface area contributed by atoms with Crippen molar-refractivity contribution >= 4 is 0 Å². The summed E-state index contributed by atoms with van der Waals surface area (Å²) in [5.41, 5.74) is 12.3. The predicted octanol–water partition coefficient (Wildman–Crippen LogP) is 7.16. The first-order valence-corrected chi connectivity index (χ1v) is 10.3. The summed E-state index contributed by atoms with van der Waals surface area (Å²) in [5, 5.41) is 0. The molecule has 1 radical (unpaired) electrons.